The number of carboxylic acids is 1. The van der Waals surface area contributed by atoms with E-state index < -0.39 is 12.1 Å². The average Bonchev–Trinajstić information content (AvgIpc) is 3.17. The number of carbonyl (C=O) groups excluding carboxylic acids is 2. The van der Waals surface area contributed by atoms with Crippen LogP contribution in [-0.4, -0.2) is 55.5 Å². The first-order valence-electron chi connectivity index (χ1n) is 11.8. The van der Waals surface area contributed by atoms with E-state index in [1.807, 2.05) is 24.3 Å². The standard InChI is InChI=1S/C27H30N2O6/c1-17(26(31)32)10-12-28-25(30)14-18-15-34-13-11-24(18)29-27(33)35-16-23-21-8-4-2-6-19(21)20-7-3-5-9-22(20)23/h2-10,18,23-24H,11-16H2,1H3,(H,28,30)(H,29,33)(H,31,32)/b17-10+. The zero-order chi connectivity index (χ0) is 24.8. The van der Waals surface area contributed by atoms with E-state index in [1.54, 1.807) is 0 Å². The van der Waals surface area contributed by atoms with Gasteiger partial charge in [0.1, 0.15) is 6.61 Å². The molecule has 0 bridgehead atoms. The maximum Gasteiger partial charge on any atom is 0.407 e. The van der Waals surface area contributed by atoms with Crippen LogP contribution in [0.25, 0.3) is 11.1 Å². The van der Waals surface area contributed by atoms with Crippen LogP contribution >= 0.6 is 0 Å². The molecule has 2 atom stereocenters. The van der Waals surface area contributed by atoms with Crippen LogP contribution in [0.15, 0.2) is 60.2 Å². The summed E-state index contributed by atoms with van der Waals surface area (Å²) in [6.07, 6.45) is 1.68. The second-order valence-corrected chi connectivity index (χ2v) is 8.90. The first-order chi connectivity index (χ1) is 16.9. The molecule has 1 aliphatic carbocycles. The van der Waals surface area contributed by atoms with E-state index in [9.17, 15) is 14.4 Å². The van der Waals surface area contributed by atoms with E-state index in [2.05, 4.69) is 34.9 Å². The molecule has 1 saturated heterocycles. The minimum absolute atomic E-state index is 0.0215. The molecule has 1 heterocycles. The van der Waals surface area contributed by atoms with Gasteiger partial charge in [-0.25, -0.2) is 9.59 Å². The topological polar surface area (TPSA) is 114 Å². The molecule has 1 fully saturated rings. The number of carbonyl (C=O) groups is 3. The fraction of sp³-hybridized carbons (Fsp3) is 0.370. The second-order valence-electron chi connectivity index (χ2n) is 8.90. The van der Waals surface area contributed by atoms with E-state index in [1.165, 1.54) is 24.1 Å². The van der Waals surface area contributed by atoms with E-state index in [0.29, 0.717) is 19.6 Å². The van der Waals surface area contributed by atoms with E-state index >= 15 is 0 Å². The predicted octanol–water partition coefficient (Wildman–Crippen LogP) is 3.47. The summed E-state index contributed by atoms with van der Waals surface area (Å²) in [7, 11) is 0. The summed E-state index contributed by atoms with van der Waals surface area (Å²) in [5.41, 5.74) is 4.80. The summed E-state index contributed by atoms with van der Waals surface area (Å²) in [5, 5.41) is 14.5. The van der Waals surface area contributed by atoms with Crippen LogP contribution in [-0.2, 0) is 19.1 Å². The summed E-state index contributed by atoms with van der Waals surface area (Å²) in [6, 6.07) is 16.1. The minimum atomic E-state index is -1.02. The Morgan fingerprint density at radius 3 is 2.40 bits per heavy atom. The molecule has 3 N–H and O–H groups in total. The first-order valence-corrected chi connectivity index (χ1v) is 11.8. The molecule has 8 heteroatoms. The summed E-state index contributed by atoms with van der Waals surface area (Å²) < 4.78 is 11.2. The van der Waals surface area contributed by atoms with Crippen molar-refractivity contribution in [3.05, 3.63) is 71.3 Å². The number of aliphatic carboxylic acids is 1. The molecule has 2 aromatic carbocycles. The normalized spacial score (nSPS) is 19.4. The van der Waals surface area contributed by atoms with Gasteiger partial charge in [0.25, 0.3) is 0 Å². The van der Waals surface area contributed by atoms with Crippen molar-refractivity contribution >= 4 is 18.0 Å². The Hall–Kier alpha value is -3.65. The highest BCUT2D eigenvalue weighted by Gasteiger charge is 2.31. The zero-order valence-corrected chi connectivity index (χ0v) is 19.7. The van der Waals surface area contributed by atoms with E-state index in [4.69, 9.17) is 14.6 Å². The van der Waals surface area contributed by atoms with Gasteiger partial charge < -0.3 is 25.2 Å². The van der Waals surface area contributed by atoms with Gasteiger partial charge in [0.05, 0.1) is 6.61 Å². The quantitative estimate of drug-likeness (QED) is 0.501. The Morgan fingerprint density at radius 1 is 1.09 bits per heavy atom. The van der Waals surface area contributed by atoms with Gasteiger partial charge in [-0.3, -0.25) is 4.79 Å². The third kappa shape index (κ3) is 5.89. The van der Waals surface area contributed by atoms with Crippen molar-refractivity contribution in [2.75, 3.05) is 26.4 Å². The summed E-state index contributed by atoms with van der Waals surface area (Å²) in [4.78, 5) is 35.9. The summed E-state index contributed by atoms with van der Waals surface area (Å²) in [5.74, 6) is -1.47. The Morgan fingerprint density at radius 2 is 1.74 bits per heavy atom. The number of rotatable bonds is 8. The Kier molecular flexibility index (Phi) is 7.82. The monoisotopic (exact) mass is 478 g/mol. The van der Waals surface area contributed by atoms with Crippen molar-refractivity contribution in [2.24, 2.45) is 5.92 Å². The molecule has 0 saturated carbocycles. The SMILES string of the molecule is C/C(=C\CNC(=O)CC1COCCC1NC(=O)OCC1c2ccccc2-c2ccccc21)C(=O)O. The van der Waals surface area contributed by atoms with Crippen LogP contribution in [0.3, 0.4) is 0 Å². The first kappa shape index (κ1) is 24.5. The van der Waals surface area contributed by atoms with Crippen LogP contribution in [0.2, 0.25) is 0 Å². The fourth-order valence-corrected chi connectivity index (χ4v) is 4.70. The number of nitrogens with one attached hydrogen (secondary N) is 2. The van der Waals surface area contributed by atoms with Gasteiger partial charge in [0, 0.05) is 43.0 Å². The van der Waals surface area contributed by atoms with Crippen LogP contribution in [0, 0.1) is 5.92 Å². The highest BCUT2D eigenvalue weighted by molar-refractivity contribution is 5.86. The third-order valence-electron chi connectivity index (χ3n) is 6.61. The van der Waals surface area contributed by atoms with Crippen molar-refractivity contribution in [1.82, 2.24) is 10.6 Å². The molecule has 2 aromatic rings. The number of hydrogen-bond donors (Lipinski definition) is 3. The predicted molar refractivity (Wildman–Crippen MR) is 130 cm³/mol. The number of alkyl carbamates (subject to hydrolysis) is 1. The molecule has 0 radical (unpaired) electrons. The van der Waals surface area contributed by atoms with E-state index in [0.717, 1.165) is 11.1 Å². The largest absolute Gasteiger partial charge is 0.478 e. The molecule has 2 aliphatic rings. The Balaban J connectivity index is 1.31. The van der Waals surface area contributed by atoms with Crippen molar-refractivity contribution in [1.29, 1.82) is 0 Å². The second kappa shape index (κ2) is 11.2. The lowest BCUT2D eigenvalue weighted by atomic mass is 9.92. The number of carboxylic acid groups (broad SMARTS) is 1. The van der Waals surface area contributed by atoms with Gasteiger partial charge in [0.15, 0.2) is 0 Å². The van der Waals surface area contributed by atoms with Crippen molar-refractivity contribution < 1.29 is 29.0 Å². The van der Waals surface area contributed by atoms with Gasteiger partial charge >= 0.3 is 12.1 Å². The maximum atomic E-state index is 12.7. The molecule has 4 rings (SSSR count). The van der Waals surface area contributed by atoms with Crippen LogP contribution < -0.4 is 10.6 Å². The molecular weight excluding hydrogens is 448 g/mol. The Labute approximate surface area is 204 Å². The fourth-order valence-electron chi connectivity index (χ4n) is 4.70. The van der Waals surface area contributed by atoms with Crippen LogP contribution in [0.1, 0.15) is 36.8 Å². The average molecular weight is 479 g/mol. The molecule has 184 valence electrons. The number of amides is 2. The maximum absolute atomic E-state index is 12.7. The van der Waals surface area contributed by atoms with Gasteiger partial charge in [0.2, 0.25) is 5.91 Å². The van der Waals surface area contributed by atoms with Gasteiger partial charge in [-0.05, 0) is 35.6 Å². The minimum Gasteiger partial charge on any atom is -0.478 e. The van der Waals surface area contributed by atoms with Crippen molar-refractivity contribution in [3.8, 4) is 11.1 Å². The van der Waals surface area contributed by atoms with Gasteiger partial charge in [-0.1, -0.05) is 54.6 Å². The third-order valence-corrected chi connectivity index (χ3v) is 6.61. The molecule has 0 spiro atoms. The van der Waals surface area contributed by atoms with Crippen molar-refractivity contribution in [3.63, 3.8) is 0 Å². The smallest absolute Gasteiger partial charge is 0.407 e. The zero-order valence-electron chi connectivity index (χ0n) is 19.7. The van der Waals surface area contributed by atoms with Crippen LogP contribution in [0.4, 0.5) is 4.79 Å². The molecule has 1 aliphatic heterocycles. The highest BCUT2D eigenvalue weighted by Crippen LogP contribution is 2.44. The molecule has 35 heavy (non-hydrogen) atoms. The number of fused-ring (bicyclic) bond motifs is 3. The number of ether oxygens (including phenoxy) is 2. The molecule has 2 amide bonds. The lowest BCUT2D eigenvalue weighted by Gasteiger charge is -2.31. The summed E-state index contributed by atoms with van der Waals surface area (Å²) >= 11 is 0. The van der Waals surface area contributed by atoms with E-state index in [-0.39, 0.29) is 48.9 Å². The lowest BCUT2D eigenvalue weighted by Crippen LogP contribution is -2.47. The number of benzene rings is 2. The molecule has 8 nitrogen and oxygen atoms in total. The van der Waals surface area contributed by atoms with Gasteiger partial charge in [-0.15, -0.1) is 0 Å². The molecule has 2 unspecified atom stereocenters. The Bertz CT molecular complexity index is 1080. The van der Waals surface area contributed by atoms with Crippen molar-refractivity contribution in [2.45, 2.75) is 31.7 Å². The van der Waals surface area contributed by atoms with Crippen LogP contribution in [0.5, 0.6) is 0 Å². The summed E-state index contributed by atoms with van der Waals surface area (Å²) in [6.45, 7) is 2.68. The van der Waals surface area contributed by atoms with Gasteiger partial charge in [-0.2, -0.15) is 0 Å². The molecular formula is C27H30N2O6. The number of hydrogen-bond acceptors (Lipinski definition) is 5. The lowest BCUT2D eigenvalue weighted by molar-refractivity contribution is -0.132. The highest BCUT2D eigenvalue weighted by atomic mass is 16.5. The molecule has 0 aromatic heterocycles.